The number of hydroxylamine groups is 1. The molecule has 1 atom stereocenters. The first-order chi connectivity index (χ1) is 8.61. The van der Waals surface area contributed by atoms with Crippen molar-refractivity contribution in [2.75, 3.05) is 42.4 Å². The van der Waals surface area contributed by atoms with E-state index in [1.807, 2.05) is 24.0 Å². The summed E-state index contributed by atoms with van der Waals surface area (Å²) in [5, 5.41) is 11.1. The Kier molecular flexibility index (Phi) is 3.88. The highest BCUT2D eigenvalue weighted by Gasteiger charge is 2.22. The van der Waals surface area contributed by atoms with Gasteiger partial charge in [-0.25, -0.2) is 10.0 Å². The van der Waals surface area contributed by atoms with Crippen molar-refractivity contribution < 1.29 is 9.94 Å². The molecular formula is C12H20N4O2. The summed E-state index contributed by atoms with van der Waals surface area (Å²) in [5.41, 5.74) is 6.47. The van der Waals surface area contributed by atoms with Gasteiger partial charge in [-0.2, -0.15) is 0 Å². The van der Waals surface area contributed by atoms with E-state index < -0.39 is 0 Å². The highest BCUT2D eigenvalue weighted by Crippen LogP contribution is 2.26. The number of nitrogens with zero attached hydrogens (tertiary/aromatic N) is 3. The van der Waals surface area contributed by atoms with Crippen LogP contribution in [0, 0.1) is 0 Å². The van der Waals surface area contributed by atoms with E-state index in [-0.39, 0.29) is 6.10 Å². The third-order valence-corrected chi connectivity index (χ3v) is 3.00. The monoisotopic (exact) mass is 252 g/mol. The van der Waals surface area contributed by atoms with Gasteiger partial charge in [-0.05, 0) is 25.5 Å². The van der Waals surface area contributed by atoms with Crippen LogP contribution in [0.2, 0.25) is 0 Å². The number of nitrogens with two attached hydrogens (primary N) is 1. The van der Waals surface area contributed by atoms with Gasteiger partial charge in [-0.15, -0.1) is 0 Å². The molecule has 1 fully saturated rings. The van der Waals surface area contributed by atoms with Crippen molar-refractivity contribution in [2.24, 2.45) is 0 Å². The topological polar surface area (TPSA) is 74.8 Å². The van der Waals surface area contributed by atoms with Crippen LogP contribution in [0.4, 0.5) is 17.3 Å². The molecule has 1 aromatic rings. The normalized spacial score (nSPS) is 19.3. The molecule has 3 N–H and O–H groups in total. The molecule has 1 aliphatic heterocycles. The molecule has 1 aliphatic rings. The lowest BCUT2D eigenvalue weighted by atomic mass is 10.3. The van der Waals surface area contributed by atoms with E-state index in [2.05, 4.69) is 4.98 Å². The Morgan fingerprint density at radius 3 is 3.00 bits per heavy atom. The summed E-state index contributed by atoms with van der Waals surface area (Å²) in [4.78, 5) is 11.9. The van der Waals surface area contributed by atoms with Crippen LogP contribution in [-0.4, -0.2) is 42.9 Å². The van der Waals surface area contributed by atoms with E-state index in [0.29, 0.717) is 24.7 Å². The van der Waals surface area contributed by atoms with Gasteiger partial charge in [-0.1, -0.05) is 0 Å². The van der Waals surface area contributed by atoms with E-state index in [1.54, 1.807) is 12.1 Å². The number of aliphatic hydroxyl groups excluding tert-OH is 1. The van der Waals surface area contributed by atoms with Crippen LogP contribution in [0.1, 0.15) is 13.3 Å². The molecule has 0 spiro atoms. The van der Waals surface area contributed by atoms with Gasteiger partial charge >= 0.3 is 0 Å². The zero-order valence-corrected chi connectivity index (χ0v) is 10.8. The summed E-state index contributed by atoms with van der Waals surface area (Å²) in [7, 11) is 1.78. The molecule has 0 amide bonds. The van der Waals surface area contributed by atoms with E-state index in [9.17, 15) is 5.11 Å². The average Bonchev–Trinajstić information content (AvgIpc) is 2.77. The maximum Gasteiger partial charge on any atom is 0.177 e. The van der Waals surface area contributed by atoms with Gasteiger partial charge < -0.3 is 15.7 Å². The van der Waals surface area contributed by atoms with E-state index in [0.717, 1.165) is 18.8 Å². The lowest BCUT2D eigenvalue weighted by Gasteiger charge is -2.22. The summed E-state index contributed by atoms with van der Waals surface area (Å²) < 4.78 is 0. The third-order valence-electron chi connectivity index (χ3n) is 3.00. The van der Waals surface area contributed by atoms with E-state index >= 15 is 0 Å². The number of β-amino-alcohol motifs (C(OH)–C–C–N with tert-alkyl or cyclic N) is 1. The molecule has 6 heteroatoms. The van der Waals surface area contributed by atoms with Crippen molar-refractivity contribution in [3.05, 3.63) is 12.1 Å². The Bertz CT molecular complexity index is 413. The van der Waals surface area contributed by atoms with Gasteiger partial charge in [0.25, 0.3) is 0 Å². The van der Waals surface area contributed by atoms with Crippen LogP contribution in [0.3, 0.4) is 0 Å². The van der Waals surface area contributed by atoms with Crippen LogP contribution in [0.5, 0.6) is 0 Å². The average molecular weight is 252 g/mol. The molecular weight excluding hydrogens is 232 g/mol. The summed E-state index contributed by atoms with van der Waals surface area (Å²) in [5.74, 6) is 1.43. The van der Waals surface area contributed by atoms with E-state index in [4.69, 9.17) is 10.6 Å². The van der Waals surface area contributed by atoms with Gasteiger partial charge in [0.15, 0.2) is 5.82 Å². The van der Waals surface area contributed by atoms with Crippen molar-refractivity contribution >= 4 is 17.3 Å². The zero-order chi connectivity index (χ0) is 13.1. The zero-order valence-electron chi connectivity index (χ0n) is 10.8. The number of hydrogen-bond donors (Lipinski definition) is 2. The summed E-state index contributed by atoms with van der Waals surface area (Å²) >= 11 is 0. The van der Waals surface area contributed by atoms with E-state index in [1.165, 1.54) is 0 Å². The molecule has 0 radical (unpaired) electrons. The standard InChI is InChI=1S/C12H20N4O2/c1-3-18-15(2)12-10(13)4-5-11(14-12)16-7-6-9(17)8-16/h4-5,9,17H,3,6-8,13H2,1-2H3. The maximum atomic E-state index is 9.55. The van der Waals surface area contributed by atoms with Gasteiger partial charge in [0.1, 0.15) is 5.82 Å². The molecule has 1 saturated heterocycles. The summed E-state index contributed by atoms with van der Waals surface area (Å²) in [6.07, 6.45) is 0.514. The molecule has 2 rings (SSSR count). The third kappa shape index (κ3) is 2.65. The lowest BCUT2D eigenvalue weighted by Crippen LogP contribution is -2.25. The molecule has 18 heavy (non-hydrogen) atoms. The fraction of sp³-hybridized carbons (Fsp3) is 0.583. The highest BCUT2D eigenvalue weighted by molar-refractivity contribution is 5.65. The molecule has 6 nitrogen and oxygen atoms in total. The predicted molar refractivity (Wildman–Crippen MR) is 71.5 cm³/mol. The number of aromatic nitrogens is 1. The first-order valence-electron chi connectivity index (χ1n) is 6.18. The number of hydrogen-bond acceptors (Lipinski definition) is 6. The second-order valence-corrected chi connectivity index (χ2v) is 4.39. The Balaban J connectivity index is 2.20. The smallest absolute Gasteiger partial charge is 0.177 e. The lowest BCUT2D eigenvalue weighted by molar-refractivity contribution is 0.133. The first kappa shape index (κ1) is 12.9. The van der Waals surface area contributed by atoms with Crippen molar-refractivity contribution in [3.63, 3.8) is 0 Å². The van der Waals surface area contributed by atoms with Gasteiger partial charge in [-0.3, -0.25) is 4.84 Å². The van der Waals surface area contributed by atoms with Crippen LogP contribution in [0.15, 0.2) is 12.1 Å². The maximum absolute atomic E-state index is 9.55. The van der Waals surface area contributed by atoms with Crippen molar-refractivity contribution in [3.8, 4) is 0 Å². The van der Waals surface area contributed by atoms with Crippen molar-refractivity contribution in [1.82, 2.24) is 4.98 Å². The fourth-order valence-electron chi connectivity index (χ4n) is 2.08. The molecule has 0 aliphatic carbocycles. The molecule has 1 unspecified atom stereocenters. The van der Waals surface area contributed by atoms with Gasteiger partial charge in [0, 0.05) is 20.1 Å². The number of anilines is 3. The van der Waals surface area contributed by atoms with Gasteiger partial charge in [0.2, 0.25) is 0 Å². The van der Waals surface area contributed by atoms with Gasteiger partial charge in [0.05, 0.1) is 18.4 Å². The quantitative estimate of drug-likeness (QED) is 0.765. The minimum atomic E-state index is -0.266. The number of nitrogen functional groups attached to an aromatic ring is 1. The summed E-state index contributed by atoms with van der Waals surface area (Å²) in [6.45, 7) is 3.90. The molecule has 2 heterocycles. The largest absolute Gasteiger partial charge is 0.396 e. The minimum Gasteiger partial charge on any atom is -0.396 e. The van der Waals surface area contributed by atoms with Crippen molar-refractivity contribution in [2.45, 2.75) is 19.4 Å². The van der Waals surface area contributed by atoms with Crippen molar-refractivity contribution in [1.29, 1.82) is 0 Å². The second-order valence-electron chi connectivity index (χ2n) is 4.39. The Morgan fingerprint density at radius 1 is 1.61 bits per heavy atom. The molecule has 1 aromatic heterocycles. The minimum absolute atomic E-state index is 0.266. The molecule has 0 saturated carbocycles. The first-order valence-corrected chi connectivity index (χ1v) is 6.18. The van der Waals surface area contributed by atoms with Crippen LogP contribution in [-0.2, 0) is 4.84 Å². The number of aliphatic hydroxyl groups is 1. The number of pyridine rings is 1. The predicted octanol–water partition coefficient (Wildman–Crippen LogP) is 0.622. The highest BCUT2D eigenvalue weighted by atomic mass is 16.7. The Hall–Kier alpha value is -1.53. The molecule has 0 bridgehead atoms. The molecule has 0 aromatic carbocycles. The van der Waals surface area contributed by atoms with Crippen LogP contribution < -0.4 is 15.7 Å². The number of rotatable bonds is 4. The van der Waals surface area contributed by atoms with Crippen LogP contribution >= 0.6 is 0 Å². The Morgan fingerprint density at radius 2 is 2.39 bits per heavy atom. The van der Waals surface area contributed by atoms with Crippen LogP contribution in [0.25, 0.3) is 0 Å². The molecule has 100 valence electrons. The Labute approximate surface area is 107 Å². The second kappa shape index (κ2) is 5.41. The summed E-state index contributed by atoms with van der Waals surface area (Å²) in [6, 6.07) is 3.69. The SMILES string of the molecule is CCON(C)c1nc(N2CCC(O)C2)ccc1N. The fourth-order valence-corrected chi connectivity index (χ4v) is 2.08.